The first-order valence-electron chi connectivity index (χ1n) is 16.9. The zero-order chi connectivity index (χ0) is 30.8. The van der Waals surface area contributed by atoms with Crippen molar-refractivity contribution in [2.24, 2.45) is 0 Å². The van der Waals surface area contributed by atoms with Gasteiger partial charge in [0.25, 0.3) is 0 Å². The molecule has 2 aromatic heterocycles. The van der Waals surface area contributed by atoms with E-state index in [2.05, 4.69) is 164 Å². The van der Waals surface area contributed by atoms with Crippen molar-refractivity contribution in [3.05, 3.63) is 146 Å². The quantitative estimate of drug-likeness (QED) is 0.161. The Balaban J connectivity index is 1.30. The second-order valence-electron chi connectivity index (χ2n) is 13.6. The fraction of sp³-hybridized carbons (Fsp3) is 0. The molecule has 4 nitrogen and oxygen atoms in total. The lowest BCUT2D eigenvalue weighted by Gasteiger charge is -2.36. The molecule has 0 radical (unpaired) electrons. The molecule has 0 saturated carbocycles. The Morgan fingerprint density at radius 3 is 1.21 bits per heavy atom. The van der Waals surface area contributed by atoms with Crippen molar-refractivity contribution >= 4 is 91.3 Å². The summed E-state index contributed by atoms with van der Waals surface area (Å²) in [4.78, 5) is 5.34. The van der Waals surface area contributed by atoms with Gasteiger partial charge in [-0.25, -0.2) is 0 Å². The number of para-hydroxylation sites is 4. The second-order valence-corrected chi connectivity index (χ2v) is 13.6. The minimum absolute atomic E-state index is 0.0126. The summed E-state index contributed by atoms with van der Waals surface area (Å²) in [6.45, 7) is 0.0253. The number of hydrogen-bond donors (Lipinski definition) is 0. The monoisotopic (exact) mass is 606 g/mol. The number of benzene rings is 7. The van der Waals surface area contributed by atoms with Crippen LogP contribution in [0, 0.1) is 0 Å². The van der Waals surface area contributed by atoms with Crippen molar-refractivity contribution < 1.29 is 0 Å². The van der Waals surface area contributed by atoms with Gasteiger partial charge in [-0.3, -0.25) is 0 Å². The lowest BCUT2D eigenvalue weighted by Crippen LogP contribution is -2.51. The Morgan fingerprint density at radius 2 is 0.729 bits per heavy atom. The predicted molar refractivity (Wildman–Crippen MR) is 202 cm³/mol. The van der Waals surface area contributed by atoms with Crippen LogP contribution < -0.4 is 20.5 Å². The maximum absolute atomic E-state index is 2.67. The van der Waals surface area contributed by atoms with E-state index in [0.29, 0.717) is 0 Å². The largest absolute Gasteiger partial charge is 0.421 e. The lowest BCUT2D eigenvalue weighted by molar-refractivity contribution is 1.30. The van der Waals surface area contributed by atoms with E-state index in [4.69, 9.17) is 0 Å². The van der Waals surface area contributed by atoms with Crippen molar-refractivity contribution in [1.29, 1.82) is 0 Å². The summed E-state index contributed by atoms with van der Waals surface area (Å²) < 4.78 is 5.32. The molecular formula is C42H24B2N4. The number of anilines is 4. The molecule has 0 unspecified atom stereocenters. The van der Waals surface area contributed by atoms with Gasteiger partial charge in [-0.15, -0.1) is 0 Å². The van der Waals surface area contributed by atoms with Crippen LogP contribution in [0.1, 0.15) is 0 Å². The third kappa shape index (κ3) is 2.48. The summed E-state index contributed by atoms with van der Waals surface area (Å²) in [6, 6.07) is 54.3. The molecule has 218 valence electrons. The first-order chi connectivity index (χ1) is 23.9. The number of fused-ring (bicyclic) bond motifs is 24. The van der Waals surface area contributed by atoms with Crippen LogP contribution in [-0.4, -0.2) is 22.9 Å². The van der Waals surface area contributed by atoms with Crippen molar-refractivity contribution in [1.82, 2.24) is 8.96 Å². The van der Waals surface area contributed by atoms with E-state index in [1.165, 1.54) is 99.5 Å². The molecule has 0 aliphatic carbocycles. The molecule has 0 amide bonds. The van der Waals surface area contributed by atoms with Crippen LogP contribution >= 0.6 is 0 Å². The van der Waals surface area contributed by atoms with E-state index in [9.17, 15) is 0 Å². The Morgan fingerprint density at radius 1 is 0.354 bits per heavy atom. The lowest BCUT2D eigenvalue weighted by atomic mass is 9.60. The molecule has 7 aromatic carbocycles. The number of nitrogens with zero attached hydrogens (tertiary/aromatic N) is 4. The average Bonchev–Trinajstić information content (AvgIpc) is 3.88. The van der Waals surface area contributed by atoms with Gasteiger partial charge < -0.3 is 18.6 Å². The molecule has 13 rings (SSSR count). The third-order valence-electron chi connectivity index (χ3n) is 11.6. The second kappa shape index (κ2) is 8.04. The van der Waals surface area contributed by atoms with E-state index in [0.717, 1.165) is 0 Å². The molecule has 0 fully saturated rings. The SMILES string of the molecule is c1ccc2c(c1)B1N(c3ccccc3-2)c2c3c4ccccc4n4c3c(c3c5ccccc5n1c23)N1B4c2ccccc2-c2ccccc21. The summed E-state index contributed by atoms with van der Waals surface area (Å²) in [6.07, 6.45) is 0. The van der Waals surface area contributed by atoms with Crippen molar-refractivity contribution in [2.45, 2.75) is 0 Å². The van der Waals surface area contributed by atoms with E-state index >= 15 is 0 Å². The van der Waals surface area contributed by atoms with Crippen LogP contribution in [0.2, 0.25) is 0 Å². The van der Waals surface area contributed by atoms with E-state index in [1.54, 1.807) is 0 Å². The zero-order valence-electron chi connectivity index (χ0n) is 25.8. The standard InChI is InChI=1S/C42H24B2N4/c1-7-19-31-25(13-1)27-15-3-9-21-33(27)45-39-37-30-18-6-12-24-36(30)48-42(37)40(38-29-17-5-11-23-35(29)47(41(38)39)43(31)45)46-34-22-10-4-16-28(34)26-14-2-8-20-32(26)44(46)48/h1-24H. The molecule has 4 aliphatic rings. The molecule has 48 heavy (non-hydrogen) atoms. The molecule has 9 aromatic rings. The van der Waals surface area contributed by atoms with Gasteiger partial charge in [0.1, 0.15) is 0 Å². The fourth-order valence-corrected chi connectivity index (χ4v) is 9.98. The number of hydrogen-bond acceptors (Lipinski definition) is 2. The molecule has 6 heteroatoms. The van der Waals surface area contributed by atoms with Crippen LogP contribution in [0.3, 0.4) is 0 Å². The first kappa shape index (κ1) is 24.1. The van der Waals surface area contributed by atoms with E-state index in [1.807, 2.05) is 0 Å². The van der Waals surface area contributed by atoms with Crippen LogP contribution in [0.25, 0.3) is 65.9 Å². The minimum Gasteiger partial charge on any atom is -0.359 e. The highest BCUT2D eigenvalue weighted by Crippen LogP contribution is 2.60. The van der Waals surface area contributed by atoms with Crippen molar-refractivity contribution in [3.63, 3.8) is 0 Å². The van der Waals surface area contributed by atoms with Gasteiger partial charge in [-0.1, -0.05) is 121 Å². The number of aromatic nitrogens is 2. The Labute approximate surface area is 276 Å². The highest BCUT2D eigenvalue weighted by Gasteiger charge is 2.52. The molecule has 0 atom stereocenters. The Bertz CT molecular complexity index is 2750. The van der Waals surface area contributed by atoms with Gasteiger partial charge in [0.15, 0.2) is 0 Å². The molecular weight excluding hydrogens is 582 g/mol. The topological polar surface area (TPSA) is 16.3 Å². The Kier molecular flexibility index (Phi) is 4.04. The maximum Gasteiger partial charge on any atom is 0.421 e. The van der Waals surface area contributed by atoms with Gasteiger partial charge in [0.2, 0.25) is 0 Å². The van der Waals surface area contributed by atoms with Crippen LogP contribution in [0.15, 0.2) is 146 Å². The summed E-state index contributed by atoms with van der Waals surface area (Å²) in [5.74, 6) is 0. The highest BCUT2D eigenvalue weighted by atomic mass is 15.3. The molecule has 0 spiro atoms. The van der Waals surface area contributed by atoms with E-state index < -0.39 is 0 Å². The smallest absolute Gasteiger partial charge is 0.359 e. The van der Waals surface area contributed by atoms with Gasteiger partial charge in [0, 0.05) is 55.1 Å². The summed E-state index contributed by atoms with van der Waals surface area (Å²) in [7, 11) is 0. The number of rotatable bonds is 0. The summed E-state index contributed by atoms with van der Waals surface area (Å²) in [5, 5.41) is 5.32. The van der Waals surface area contributed by atoms with Gasteiger partial charge >= 0.3 is 14.0 Å². The normalized spacial score (nSPS) is 14.5. The van der Waals surface area contributed by atoms with Crippen molar-refractivity contribution in [2.75, 3.05) is 9.62 Å². The molecule has 6 heterocycles. The highest BCUT2D eigenvalue weighted by molar-refractivity contribution is 6.85. The molecule has 4 aliphatic heterocycles. The van der Waals surface area contributed by atoms with Crippen molar-refractivity contribution in [3.8, 4) is 22.3 Å². The minimum atomic E-state index is 0.0126. The van der Waals surface area contributed by atoms with Crippen LogP contribution in [-0.2, 0) is 0 Å². The summed E-state index contributed by atoms with van der Waals surface area (Å²) in [5.41, 5.74) is 18.3. The third-order valence-corrected chi connectivity index (χ3v) is 11.6. The Hall–Kier alpha value is -6.13. The fourth-order valence-electron chi connectivity index (χ4n) is 9.98. The molecule has 0 N–H and O–H groups in total. The first-order valence-corrected chi connectivity index (χ1v) is 16.9. The van der Waals surface area contributed by atoms with Gasteiger partial charge in [-0.2, -0.15) is 0 Å². The molecule has 0 bridgehead atoms. The summed E-state index contributed by atoms with van der Waals surface area (Å²) >= 11 is 0. The zero-order valence-corrected chi connectivity index (χ0v) is 25.8. The van der Waals surface area contributed by atoms with Gasteiger partial charge in [-0.05, 0) is 46.3 Å². The van der Waals surface area contributed by atoms with E-state index in [-0.39, 0.29) is 14.0 Å². The maximum atomic E-state index is 2.67. The average molecular weight is 606 g/mol. The van der Waals surface area contributed by atoms with Crippen LogP contribution in [0.5, 0.6) is 0 Å². The molecule has 0 saturated heterocycles. The predicted octanol–water partition coefficient (Wildman–Crippen LogP) is 8.65. The van der Waals surface area contributed by atoms with Crippen LogP contribution in [0.4, 0.5) is 22.7 Å². The van der Waals surface area contributed by atoms with Gasteiger partial charge in [0.05, 0.1) is 22.4 Å².